The number of hydrogen-bond acceptors (Lipinski definition) is 6. The van der Waals surface area contributed by atoms with Crippen molar-refractivity contribution in [3.05, 3.63) is 17.6 Å². The summed E-state index contributed by atoms with van der Waals surface area (Å²) < 4.78 is 27.9. The largest absolute Gasteiger partial charge is 0.354 e. The molecule has 1 fully saturated rings. The van der Waals surface area contributed by atoms with Gasteiger partial charge in [0.1, 0.15) is 12.1 Å². The Morgan fingerprint density at radius 2 is 1.78 bits per heavy atom. The minimum Gasteiger partial charge on any atom is -0.354 e. The summed E-state index contributed by atoms with van der Waals surface area (Å²) >= 11 is 0. The first kappa shape index (κ1) is 16.1. The molecule has 0 saturated carbocycles. The Morgan fingerprint density at radius 3 is 2.39 bits per heavy atom. The van der Waals surface area contributed by atoms with Crippen LogP contribution in [0.15, 0.2) is 6.33 Å². The Bertz CT molecular complexity index is 821. The monoisotopic (exact) mass is 338 g/mol. The second-order valence-corrected chi connectivity index (χ2v) is 8.59. The van der Waals surface area contributed by atoms with Gasteiger partial charge in [0.15, 0.2) is 0 Å². The van der Waals surface area contributed by atoms with Gasteiger partial charge in [0, 0.05) is 37.4 Å². The molecule has 0 N–H and O–H groups in total. The second-order valence-electron chi connectivity index (χ2n) is 6.10. The molecule has 0 radical (unpaired) electrons. The van der Waals surface area contributed by atoms with E-state index in [1.807, 2.05) is 13.8 Å². The van der Waals surface area contributed by atoms with Crippen molar-refractivity contribution in [2.45, 2.75) is 32.9 Å². The van der Waals surface area contributed by atoms with Crippen LogP contribution in [0.4, 0.5) is 5.82 Å². The second kappa shape index (κ2) is 5.72. The van der Waals surface area contributed by atoms with E-state index in [1.165, 1.54) is 6.33 Å². The van der Waals surface area contributed by atoms with E-state index in [0.29, 0.717) is 32.0 Å². The highest BCUT2D eigenvalue weighted by atomic mass is 32.2. The number of aromatic nitrogens is 4. The van der Waals surface area contributed by atoms with Gasteiger partial charge in [-0.15, -0.1) is 0 Å². The quantitative estimate of drug-likeness (QED) is 0.815. The third-order valence-corrected chi connectivity index (χ3v) is 6.65. The fourth-order valence-electron chi connectivity index (χ4n) is 2.84. The molecule has 3 heterocycles. The standard InChI is InChI=1S/C14H22N6O2S/c1-10(2)23(21,22)19-7-5-18(6-8-19)13-11(3)12(4)17-14-15-9-16-20(13)14/h9-10H,5-8H2,1-4H3. The molecular formula is C14H22N6O2S. The van der Waals surface area contributed by atoms with E-state index in [9.17, 15) is 8.42 Å². The first-order valence-electron chi connectivity index (χ1n) is 7.73. The van der Waals surface area contributed by atoms with Crippen LogP contribution >= 0.6 is 0 Å². The van der Waals surface area contributed by atoms with E-state index < -0.39 is 10.0 Å². The highest BCUT2D eigenvalue weighted by molar-refractivity contribution is 7.89. The summed E-state index contributed by atoms with van der Waals surface area (Å²) in [6.07, 6.45) is 1.49. The van der Waals surface area contributed by atoms with Gasteiger partial charge in [-0.1, -0.05) is 0 Å². The Kier molecular flexibility index (Phi) is 4.01. The van der Waals surface area contributed by atoms with E-state index in [2.05, 4.69) is 20.0 Å². The van der Waals surface area contributed by atoms with E-state index in [-0.39, 0.29) is 5.25 Å². The van der Waals surface area contributed by atoms with Crippen molar-refractivity contribution in [3.8, 4) is 0 Å². The van der Waals surface area contributed by atoms with Gasteiger partial charge in [-0.3, -0.25) is 0 Å². The minimum absolute atomic E-state index is 0.388. The van der Waals surface area contributed by atoms with E-state index in [4.69, 9.17) is 0 Å². The third-order valence-electron chi connectivity index (χ3n) is 4.37. The van der Waals surface area contributed by atoms with Crippen molar-refractivity contribution in [1.29, 1.82) is 0 Å². The average Bonchev–Trinajstić information content (AvgIpc) is 2.96. The van der Waals surface area contributed by atoms with E-state index in [1.54, 1.807) is 22.7 Å². The molecule has 0 unspecified atom stereocenters. The fraction of sp³-hybridized carbons (Fsp3) is 0.643. The summed E-state index contributed by atoms with van der Waals surface area (Å²) in [5.74, 6) is 1.52. The van der Waals surface area contributed by atoms with Crippen LogP contribution in [0.3, 0.4) is 0 Å². The maximum Gasteiger partial charge on any atom is 0.254 e. The number of aryl methyl sites for hydroxylation is 1. The van der Waals surface area contributed by atoms with Crippen LogP contribution in [0.2, 0.25) is 0 Å². The normalized spacial score (nSPS) is 17.3. The lowest BCUT2D eigenvalue weighted by Crippen LogP contribution is -2.51. The molecular weight excluding hydrogens is 316 g/mol. The summed E-state index contributed by atoms with van der Waals surface area (Å²) in [5, 5.41) is 3.87. The molecule has 23 heavy (non-hydrogen) atoms. The number of sulfonamides is 1. The topological polar surface area (TPSA) is 83.7 Å². The molecule has 1 aliphatic rings. The molecule has 0 bridgehead atoms. The Balaban J connectivity index is 1.89. The molecule has 3 rings (SSSR count). The van der Waals surface area contributed by atoms with Crippen LogP contribution in [-0.2, 0) is 10.0 Å². The maximum atomic E-state index is 12.3. The predicted octanol–water partition coefficient (Wildman–Crippen LogP) is 0.601. The maximum absolute atomic E-state index is 12.3. The first-order chi connectivity index (χ1) is 10.8. The lowest BCUT2D eigenvalue weighted by Gasteiger charge is -2.36. The first-order valence-corrected chi connectivity index (χ1v) is 9.23. The molecule has 0 spiro atoms. The van der Waals surface area contributed by atoms with Gasteiger partial charge in [0.2, 0.25) is 10.0 Å². The van der Waals surface area contributed by atoms with Gasteiger partial charge in [-0.2, -0.15) is 18.9 Å². The minimum atomic E-state index is -3.20. The number of hydrogen-bond donors (Lipinski definition) is 0. The summed E-state index contributed by atoms with van der Waals surface area (Å²) in [4.78, 5) is 10.8. The Hall–Kier alpha value is -1.74. The van der Waals surface area contributed by atoms with Crippen LogP contribution in [0.25, 0.3) is 5.78 Å². The molecule has 0 atom stereocenters. The molecule has 1 saturated heterocycles. The van der Waals surface area contributed by atoms with Crippen LogP contribution in [-0.4, -0.2) is 63.7 Å². The zero-order chi connectivity index (χ0) is 16.8. The van der Waals surface area contributed by atoms with Crippen molar-refractivity contribution in [2.75, 3.05) is 31.1 Å². The molecule has 9 heteroatoms. The lowest BCUT2D eigenvalue weighted by molar-refractivity contribution is 0.379. The van der Waals surface area contributed by atoms with Gasteiger partial charge in [0.05, 0.1) is 5.25 Å². The summed E-state index contributed by atoms with van der Waals surface area (Å²) in [7, 11) is -3.20. The number of nitrogens with zero attached hydrogens (tertiary/aromatic N) is 6. The molecule has 8 nitrogen and oxygen atoms in total. The highest BCUT2D eigenvalue weighted by Gasteiger charge is 2.30. The van der Waals surface area contributed by atoms with Crippen LogP contribution < -0.4 is 4.90 Å². The van der Waals surface area contributed by atoms with Gasteiger partial charge in [-0.25, -0.2) is 13.4 Å². The van der Waals surface area contributed by atoms with Crippen molar-refractivity contribution in [2.24, 2.45) is 0 Å². The molecule has 0 amide bonds. The molecule has 0 aliphatic carbocycles. The molecule has 2 aromatic rings. The van der Waals surface area contributed by atoms with E-state index >= 15 is 0 Å². The molecule has 1 aliphatic heterocycles. The van der Waals surface area contributed by atoms with Crippen LogP contribution in [0.5, 0.6) is 0 Å². The number of fused-ring (bicyclic) bond motifs is 1. The highest BCUT2D eigenvalue weighted by Crippen LogP contribution is 2.24. The average molecular weight is 338 g/mol. The SMILES string of the molecule is Cc1nc2ncnn2c(N2CCN(S(=O)(=O)C(C)C)CC2)c1C. The Morgan fingerprint density at radius 1 is 1.13 bits per heavy atom. The predicted molar refractivity (Wildman–Crippen MR) is 88.1 cm³/mol. The smallest absolute Gasteiger partial charge is 0.254 e. The van der Waals surface area contributed by atoms with Gasteiger partial charge >= 0.3 is 0 Å². The van der Waals surface area contributed by atoms with Crippen LogP contribution in [0, 0.1) is 13.8 Å². The van der Waals surface area contributed by atoms with Crippen molar-refractivity contribution >= 4 is 21.6 Å². The van der Waals surface area contributed by atoms with Crippen LogP contribution in [0.1, 0.15) is 25.1 Å². The van der Waals surface area contributed by atoms with Gasteiger partial charge < -0.3 is 4.90 Å². The summed E-state index contributed by atoms with van der Waals surface area (Å²) in [6, 6.07) is 0. The van der Waals surface area contributed by atoms with E-state index in [0.717, 1.165) is 17.1 Å². The lowest BCUT2D eigenvalue weighted by atomic mass is 10.2. The zero-order valence-electron chi connectivity index (χ0n) is 13.9. The molecule has 126 valence electrons. The zero-order valence-corrected chi connectivity index (χ0v) is 14.7. The Labute approximate surface area is 136 Å². The third kappa shape index (κ3) is 2.67. The number of rotatable bonds is 3. The summed E-state index contributed by atoms with van der Waals surface area (Å²) in [6.45, 7) is 9.63. The van der Waals surface area contributed by atoms with Crippen molar-refractivity contribution in [3.63, 3.8) is 0 Å². The van der Waals surface area contributed by atoms with Crippen molar-refractivity contribution < 1.29 is 8.42 Å². The number of anilines is 1. The summed E-state index contributed by atoms with van der Waals surface area (Å²) in [5.41, 5.74) is 1.96. The van der Waals surface area contributed by atoms with Gasteiger partial charge in [0.25, 0.3) is 5.78 Å². The van der Waals surface area contributed by atoms with Gasteiger partial charge in [-0.05, 0) is 27.7 Å². The number of piperazine rings is 1. The molecule has 0 aromatic carbocycles. The molecule has 2 aromatic heterocycles. The van der Waals surface area contributed by atoms with Crippen molar-refractivity contribution in [1.82, 2.24) is 23.9 Å². The fourth-order valence-corrected chi connectivity index (χ4v) is 4.11.